The third kappa shape index (κ3) is 4.05. The summed E-state index contributed by atoms with van der Waals surface area (Å²) >= 11 is 0. The number of hydrogen-bond acceptors (Lipinski definition) is 2. The van der Waals surface area contributed by atoms with Gasteiger partial charge in [-0.1, -0.05) is 31.2 Å². The largest absolute Gasteiger partial charge is 0.378 e. The molecule has 3 heteroatoms. The van der Waals surface area contributed by atoms with E-state index < -0.39 is 0 Å². The van der Waals surface area contributed by atoms with Gasteiger partial charge in [0, 0.05) is 31.9 Å². The summed E-state index contributed by atoms with van der Waals surface area (Å²) < 4.78 is 14.3. The summed E-state index contributed by atoms with van der Waals surface area (Å²) in [5.41, 5.74) is 3.65. The smallest absolute Gasteiger partial charge is 0.131 e. The van der Waals surface area contributed by atoms with Crippen LogP contribution in [0.25, 0.3) is 11.1 Å². The van der Waals surface area contributed by atoms with Crippen LogP contribution in [0.4, 0.5) is 10.1 Å². The highest BCUT2D eigenvalue weighted by Crippen LogP contribution is 2.25. The van der Waals surface area contributed by atoms with Crippen LogP contribution in [0, 0.1) is 5.82 Å². The van der Waals surface area contributed by atoms with Crippen LogP contribution in [-0.2, 0) is 6.54 Å². The Kier molecular flexibility index (Phi) is 5.34. The molecule has 0 spiro atoms. The molecule has 0 saturated heterocycles. The summed E-state index contributed by atoms with van der Waals surface area (Å²) in [5, 5.41) is 3.29. The van der Waals surface area contributed by atoms with Crippen LogP contribution >= 0.6 is 0 Å². The standard InChI is InChI=1S/C18H23FN2/c1-4-11-20-13-14-5-10-17(18(19)12-14)15-6-8-16(9-7-15)21(2)3/h5-10,12,20H,4,11,13H2,1-3H3. The summed E-state index contributed by atoms with van der Waals surface area (Å²) in [5.74, 6) is -0.164. The summed E-state index contributed by atoms with van der Waals surface area (Å²) in [7, 11) is 3.99. The molecule has 0 atom stereocenters. The van der Waals surface area contributed by atoms with Gasteiger partial charge in [-0.05, 0) is 42.3 Å². The van der Waals surface area contributed by atoms with Crippen molar-refractivity contribution in [3.8, 4) is 11.1 Å². The molecule has 0 unspecified atom stereocenters. The minimum absolute atomic E-state index is 0.164. The van der Waals surface area contributed by atoms with E-state index >= 15 is 0 Å². The van der Waals surface area contributed by atoms with Gasteiger partial charge in [0.15, 0.2) is 0 Å². The fourth-order valence-electron chi connectivity index (χ4n) is 2.25. The lowest BCUT2D eigenvalue weighted by Crippen LogP contribution is -2.13. The zero-order chi connectivity index (χ0) is 15.2. The molecule has 1 N–H and O–H groups in total. The Bertz CT molecular complexity index is 576. The highest BCUT2D eigenvalue weighted by atomic mass is 19.1. The lowest BCUT2D eigenvalue weighted by atomic mass is 10.0. The van der Waals surface area contributed by atoms with Gasteiger partial charge < -0.3 is 10.2 Å². The van der Waals surface area contributed by atoms with Gasteiger partial charge in [-0.2, -0.15) is 0 Å². The number of anilines is 1. The molecule has 2 aromatic carbocycles. The minimum Gasteiger partial charge on any atom is -0.378 e. The molecule has 0 amide bonds. The summed E-state index contributed by atoms with van der Waals surface area (Å²) in [4.78, 5) is 2.03. The molecular formula is C18H23FN2. The normalized spacial score (nSPS) is 10.7. The van der Waals surface area contributed by atoms with Crippen LogP contribution in [-0.4, -0.2) is 20.6 Å². The third-order valence-electron chi connectivity index (χ3n) is 3.48. The van der Waals surface area contributed by atoms with Crippen molar-refractivity contribution in [3.63, 3.8) is 0 Å². The van der Waals surface area contributed by atoms with Crippen molar-refractivity contribution in [2.24, 2.45) is 0 Å². The van der Waals surface area contributed by atoms with E-state index in [2.05, 4.69) is 12.2 Å². The van der Waals surface area contributed by atoms with Crippen molar-refractivity contribution in [2.45, 2.75) is 19.9 Å². The number of nitrogens with one attached hydrogen (secondary N) is 1. The highest BCUT2D eigenvalue weighted by Gasteiger charge is 2.06. The average molecular weight is 286 g/mol. The Morgan fingerprint density at radius 2 is 1.76 bits per heavy atom. The van der Waals surface area contributed by atoms with Crippen LogP contribution in [0.5, 0.6) is 0 Å². The van der Waals surface area contributed by atoms with E-state index in [1.165, 1.54) is 0 Å². The van der Waals surface area contributed by atoms with E-state index in [9.17, 15) is 4.39 Å². The Balaban J connectivity index is 2.16. The number of nitrogens with zero attached hydrogens (tertiary/aromatic N) is 1. The van der Waals surface area contributed by atoms with Crippen LogP contribution in [0.3, 0.4) is 0 Å². The molecule has 0 radical (unpaired) electrons. The highest BCUT2D eigenvalue weighted by molar-refractivity contribution is 5.67. The molecule has 0 fully saturated rings. The molecule has 2 nitrogen and oxygen atoms in total. The Morgan fingerprint density at radius 3 is 2.33 bits per heavy atom. The van der Waals surface area contributed by atoms with Gasteiger partial charge in [-0.3, -0.25) is 0 Å². The van der Waals surface area contributed by atoms with E-state index in [1.807, 2.05) is 55.4 Å². The number of halogens is 1. The maximum Gasteiger partial charge on any atom is 0.131 e. The van der Waals surface area contributed by atoms with Crippen molar-refractivity contribution in [1.82, 2.24) is 5.32 Å². The maximum atomic E-state index is 14.3. The number of rotatable bonds is 6. The molecule has 2 aromatic rings. The quantitative estimate of drug-likeness (QED) is 0.806. The first kappa shape index (κ1) is 15.5. The number of hydrogen-bond donors (Lipinski definition) is 1. The molecular weight excluding hydrogens is 263 g/mol. The monoisotopic (exact) mass is 286 g/mol. The van der Waals surface area contributed by atoms with E-state index in [1.54, 1.807) is 6.07 Å². The molecule has 0 heterocycles. The van der Waals surface area contributed by atoms with E-state index in [0.717, 1.165) is 29.8 Å². The van der Waals surface area contributed by atoms with Crippen LogP contribution in [0.15, 0.2) is 42.5 Å². The van der Waals surface area contributed by atoms with E-state index in [4.69, 9.17) is 0 Å². The second kappa shape index (κ2) is 7.23. The average Bonchev–Trinajstić information content (AvgIpc) is 2.48. The fourth-order valence-corrected chi connectivity index (χ4v) is 2.25. The Labute approximate surface area is 126 Å². The predicted octanol–water partition coefficient (Wildman–Crippen LogP) is 4.06. The molecule has 0 saturated carbocycles. The van der Waals surface area contributed by atoms with Gasteiger partial charge in [0.25, 0.3) is 0 Å². The Hall–Kier alpha value is -1.87. The second-order valence-electron chi connectivity index (χ2n) is 5.43. The first-order valence-electron chi connectivity index (χ1n) is 7.38. The van der Waals surface area contributed by atoms with Crippen molar-refractivity contribution in [2.75, 3.05) is 25.5 Å². The molecule has 21 heavy (non-hydrogen) atoms. The van der Waals surface area contributed by atoms with Crippen molar-refractivity contribution in [1.29, 1.82) is 0 Å². The van der Waals surface area contributed by atoms with E-state index in [-0.39, 0.29) is 5.82 Å². The van der Waals surface area contributed by atoms with Gasteiger partial charge >= 0.3 is 0 Å². The van der Waals surface area contributed by atoms with Crippen molar-refractivity contribution in [3.05, 3.63) is 53.8 Å². The maximum absolute atomic E-state index is 14.3. The topological polar surface area (TPSA) is 15.3 Å². The zero-order valence-electron chi connectivity index (χ0n) is 13.0. The van der Waals surface area contributed by atoms with E-state index in [0.29, 0.717) is 12.1 Å². The summed E-state index contributed by atoms with van der Waals surface area (Å²) in [6.45, 7) is 3.79. The Morgan fingerprint density at radius 1 is 1.05 bits per heavy atom. The SMILES string of the molecule is CCCNCc1ccc(-c2ccc(N(C)C)cc2)c(F)c1. The summed E-state index contributed by atoms with van der Waals surface area (Å²) in [6, 6.07) is 13.4. The van der Waals surface area contributed by atoms with Crippen LogP contribution in [0.1, 0.15) is 18.9 Å². The molecule has 0 aliphatic carbocycles. The van der Waals surface area contributed by atoms with Gasteiger partial charge in [0.2, 0.25) is 0 Å². The lowest BCUT2D eigenvalue weighted by Gasteiger charge is -2.13. The fraction of sp³-hybridized carbons (Fsp3) is 0.333. The van der Waals surface area contributed by atoms with Gasteiger partial charge in [0.1, 0.15) is 5.82 Å². The molecule has 0 aromatic heterocycles. The molecule has 0 aliphatic heterocycles. The molecule has 0 aliphatic rings. The van der Waals surface area contributed by atoms with Crippen molar-refractivity contribution < 1.29 is 4.39 Å². The second-order valence-corrected chi connectivity index (χ2v) is 5.43. The van der Waals surface area contributed by atoms with Crippen molar-refractivity contribution >= 4 is 5.69 Å². The van der Waals surface area contributed by atoms with Crippen LogP contribution in [0.2, 0.25) is 0 Å². The summed E-state index contributed by atoms with van der Waals surface area (Å²) in [6.07, 6.45) is 1.08. The van der Waals surface area contributed by atoms with Gasteiger partial charge in [-0.15, -0.1) is 0 Å². The first-order valence-corrected chi connectivity index (χ1v) is 7.38. The minimum atomic E-state index is -0.164. The molecule has 0 bridgehead atoms. The van der Waals surface area contributed by atoms with Gasteiger partial charge in [0.05, 0.1) is 0 Å². The zero-order valence-corrected chi connectivity index (χ0v) is 13.0. The first-order chi connectivity index (χ1) is 10.1. The van der Waals surface area contributed by atoms with Gasteiger partial charge in [-0.25, -0.2) is 4.39 Å². The molecule has 2 rings (SSSR count). The third-order valence-corrected chi connectivity index (χ3v) is 3.48. The lowest BCUT2D eigenvalue weighted by molar-refractivity contribution is 0.622. The van der Waals surface area contributed by atoms with Crippen LogP contribution < -0.4 is 10.2 Å². The predicted molar refractivity (Wildman–Crippen MR) is 88.2 cm³/mol. The number of benzene rings is 2. The molecule has 112 valence electrons.